The lowest BCUT2D eigenvalue weighted by Crippen LogP contribution is -3.11. The highest BCUT2D eigenvalue weighted by Crippen LogP contribution is 2.31. The van der Waals surface area contributed by atoms with Gasteiger partial charge in [0.1, 0.15) is 6.04 Å². The van der Waals surface area contributed by atoms with Gasteiger partial charge in [-0.2, -0.15) is 13.2 Å². The molecule has 0 aromatic heterocycles. The molecule has 1 fully saturated rings. The normalized spacial score (nSPS) is 15.9. The number of halogens is 3. The number of alkyl halides is 3. The first-order chi connectivity index (χ1) is 13.8. The number of carbonyl (C=O) groups excluding carboxylic acids is 1. The molecule has 29 heavy (non-hydrogen) atoms. The Hall–Kier alpha value is -2.54. The standard InChI is InChI=1S/C22H26F3N3O/c1-27(2)17-11-9-16(10-12-17)20(28-13-5-6-14-28)15-26-21(29)18-7-3-4-8-19(18)22(23,24)25/h3-4,7-12,20H,5-6,13-15H2,1-2H3,(H,26,29)/p+1/t20-/m0/s1. The van der Waals surface area contributed by atoms with Crippen LogP contribution < -0.4 is 15.1 Å². The first-order valence-corrected chi connectivity index (χ1v) is 9.83. The molecule has 0 unspecified atom stereocenters. The zero-order valence-electron chi connectivity index (χ0n) is 16.7. The largest absolute Gasteiger partial charge is 0.417 e. The van der Waals surface area contributed by atoms with Crippen molar-refractivity contribution in [2.75, 3.05) is 38.6 Å². The fourth-order valence-corrected chi connectivity index (χ4v) is 3.90. The molecule has 1 saturated heterocycles. The fraction of sp³-hybridized carbons (Fsp3) is 0.409. The van der Waals surface area contributed by atoms with E-state index in [2.05, 4.69) is 5.32 Å². The van der Waals surface area contributed by atoms with Crippen molar-refractivity contribution in [3.8, 4) is 0 Å². The van der Waals surface area contributed by atoms with Crippen LogP contribution in [0.4, 0.5) is 18.9 Å². The van der Waals surface area contributed by atoms with E-state index in [1.807, 2.05) is 43.3 Å². The van der Waals surface area contributed by atoms with Gasteiger partial charge in [0.05, 0.1) is 30.8 Å². The Balaban J connectivity index is 1.78. The van der Waals surface area contributed by atoms with Crippen molar-refractivity contribution in [1.82, 2.24) is 5.32 Å². The molecule has 1 aliphatic rings. The molecule has 0 radical (unpaired) electrons. The van der Waals surface area contributed by atoms with E-state index in [1.54, 1.807) is 0 Å². The summed E-state index contributed by atoms with van der Waals surface area (Å²) in [4.78, 5) is 15.9. The molecule has 2 N–H and O–H groups in total. The molecule has 156 valence electrons. The third-order valence-corrected chi connectivity index (χ3v) is 5.49. The van der Waals surface area contributed by atoms with Gasteiger partial charge >= 0.3 is 6.18 Å². The number of quaternary nitrogens is 1. The lowest BCUT2D eigenvalue weighted by Gasteiger charge is -2.26. The number of carbonyl (C=O) groups is 1. The van der Waals surface area contributed by atoms with Crippen LogP contribution in [0.5, 0.6) is 0 Å². The van der Waals surface area contributed by atoms with Crippen LogP contribution in [0, 0.1) is 0 Å². The van der Waals surface area contributed by atoms with E-state index in [4.69, 9.17) is 0 Å². The number of nitrogens with one attached hydrogen (secondary N) is 2. The second kappa shape index (κ2) is 8.86. The highest BCUT2D eigenvalue weighted by Gasteiger charge is 2.35. The maximum absolute atomic E-state index is 13.2. The summed E-state index contributed by atoms with van der Waals surface area (Å²) < 4.78 is 39.7. The molecular formula is C22H27F3N3O+. The molecule has 3 rings (SSSR count). The maximum atomic E-state index is 13.2. The number of hydrogen-bond donors (Lipinski definition) is 2. The van der Waals surface area contributed by atoms with E-state index in [9.17, 15) is 18.0 Å². The molecule has 7 heteroatoms. The third-order valence-electron chi connectivity index (χ3n) is 5.49. The maximum Gasteiger partial charge on any atom is 0.417 e. The summed E-state index contributed by atoms with van der Waals surface area (Å²) in [6, 6.07) is 13.1. The average molecular weight is 406 g/mol. The van der Waals surface area contributed by atoms with Crippen LogP contribution in [0.2, 0.25) is 0 Å². The van der Waals surface area contributed by atoms with Gasteiger partial charge in [-0.05, 0) is 24.3 Å². The molecular weight excluding hydrogens is 379 g/mol. The van der Waals surface area contributed by atoms with Crippen LogP contribution in [-0.4, -0.2) is 39.6 Å². The topological polar surface area (TPSA) is 36.8 Å². The summed E-state index contributed by atoms with van der Waals surface area (Å²) in [5.41, 5.74) is 0.917. The van der Waals surface area contributed by atoms with E-state index in [-0.39, 0.29) is 11.6 Å². The predicted molar refractivity (Wildman–Crippen MR) is 107 cm³/mol. The molecule has 2 aromatic carbocycles. The molecule has 0 saturated carbocycles. The predicted octanol–water partition coefficient (Wildman–Crippen LogP) is 2.92. The van der Waals surface area contributed by atoms with Gasteiger partial charge in [-0.1, -0.05) is 24.3 Å². The summed E-state index contributed by atoms with van der Waals surface area (Å²) in [7, 11) is 3.94. The van der Waals surface area contributed by atoms with Crippen molar-refractivity contribution >= 4 is 11.6 Å². The lowest BCUT2D eigenvalue weighted by atomic mass is 10.0. The summed E-state index contributed by atoms with van der Waals surface area (Å²) in [5.74, 6) is -0.688. The Labute approximate surface area is 169 Å². The fourth-order valence-electron chi connectivity index (χ4n) is 3.90. The molecule has 1 aliphatic heterocycles. The first kappa shape index (κ1) is 21.2. The third kappa shape index (κ3) is 5.09. The van der Waals surface area contributed by atoms with Gasteiger partial charge in [-0.15, -0.1) is 0 Å². The average Bonchev–Trinajstić information content (AvgIpc) is 3.22. The van der Waals surface area contributed by atoms with Crippen molar-refractivity contribution in [2.45, 2.75) is 25.1 Å². The second-order valence-electron chi connectivity index (χ2n) is 7.66. The lowest BCUT2D eigenvalue weighted by molar-refractivity contribution is -0.918. The monoisotopic (exact) mass is 406 g/mol. The number of amides is 1. The van der Waals surface area contributed by atoms with Crippen LogP contribution >= 0.6 is 0 Å². The second-order valence-corrected chi connectivity index (χ2v) is 7.66. The molecule has 1 amide bonds. The number of likely N-dealkylation sites (tertiary alicyclic amines) is 1. The van der Waals surface area contributed by atoms with Crippen LogP contribution in [0.3, 0.4) is 0 Å². The molecule has 1 heterocycles. The number of nitrogens with zero attached hydrogens (tertiary/aromatic N) is 1. The highest BCUT2D eigenvalue weighted by atomic mass is 19.4. The molecule has 2 aromatic rings. The smallest absolute Gasteiger partial charge is 0.378 e. The van der Waals surface area contributed by atoms with Gasteiger partial charge in [-0.3, -0.25) is 4.79 Å². The van der Waals surface area contributed by atoms with Crippen LogP contribution in [-0.2, 0) is 6.18 Å². The van der Waals surface area contributed by atoms with Gasteiger partial charge in [0.15, 0.2) is 0 Å². The molecule has 0 bridgehead atoms. The number of hydrogen-bond acceptors (Lipinski definition) is 2. The molecule has 0 aliphatic carbocycles. The summed E-state index contributed by atoms with van der Waals surface area (Å²) >= 11 is 0. The van der Waals surface area contributed by atoms with E-state index < -0.39 is 17.6 Å². The van der Waals surface area contributed by atoms with Gasteiger partial charge in [-0.25, -0.2) is 0 Å². The minimum Gasteiger partial charge on any atom is -0.378 e. The zero-order valence-corrected chi connectivity index (χ0v) is 16.7. The van der Waals surface area contributed by atoms with E-state index in [1.165, 1.54) is 23.1 Å². The Morgan fingerprint density at radius 3 is 2.28 bits per heavy atom. The van der Waals surface area contributed by atoms with Crippen LogP contribution in [0.25, 0.3) is 0 Å². The quantitative estimate of drug-likeness (QED) is 0.774. The van der Waals surface area contributed by atoms with Crippen molar-refractivity contribution in [3.63, 3.8) is 0 Å². The minimum atomic E-state index is -4.56. The summed E-state index contributed by atoms with van der Waals surface area (Å²) in [5, 5.41) is 2.75. The SMILES string of the molecule is CN(C)c1ccc([C@H](CNC(=O)c2ccccc2C(F)(F)F)[NH+]2CCCC2)cc1. The molecule has 1 atom stereocenters. The number of anilines is 1. The molecule has 4 nitrogen and oxygen atoms in total. The summed E-state index contributed by atoms with van der Waals surface area (Å²) in [6.07, 6.45) is -2.32. The van der Waals surface area contributed by atoms with Gasteiger partial charge in [0.2, 0.25) is 0 Å². The van der Waals surface area contributed by atoms with Crippen molar-refractivity contribution in [1.29, 1.82) is 0 Å². The van der Waals surface area contributed by atoms with Gasteiger partial charge < -0.3 is 15.1 Å². The Kier molecular flexibility index (Phi) is 6.47. The van der Waals surface area contributed by atoms with Gasteiger partial charge in [0, 0.05) is 38.2 Å². The van der Waals surface area contributed by atoms with E-state index in [0.717, 1.165) is 43.2 Å². The Bertz CT molecular complexity index is 828. The number of rotatable bonds is 6. The van der Waals surface area contributed by atoms with Crippen molar-refractivity contribution in [3.05, 3.63) is 65.2 Å². The van der Waals surface area contributed by atoms with E-state index >= 15 is 0 Å². The zero-order chi connectivity index (χ0) is 21.0. The Morgan fingerprint density at radius 2 is 1.69 bits per heavy atom. The summed E-state index contributed by atoms with van der Waals surface area (Å²) in [6.45, 7) is 2.28. The van der Waals surface area contributed by atoms with Gasteiger partial charge in [0.25, 0.3) is 5.91 Å². The van der Waals surface area contributed by atoms with Crippen LogP contribution in [0.15, 0.2) is 48.5 Å². The van der Waals surface area contributed by atoms with Crippen molar-refractivity contribution < 1.29 is 22.9 Å². The number of benzene rings is 2. The first-order valence-electron chi connectivity index (χ1n) is 9.83. The van der Waals surface area contributed by atoms with E-state index in [0.29, 0.717) is 6.54 Å². The van der Waals surface area contributed by atoms with Crippen LogP contribution in [0.1, 0.15) is 40.4 Å². The highest BCUT2D eigenvalue weighted by molar-refractivity contribution is 5.95. The molecule has 0 spiro atoms. The Morgan fingerprint density at radius 1 is 1.07 bits per heavy atom. The van der Waals surface area contributed by atoms with Crippen molar-refractivity contribution in [2.24, 2.45) is 0 Å². The minimum absolute atomic E-state index is 0.00992.